The molecule has 4 aliphatic rings. The van der Waals surface area contributed by atoms with Gasteiger partial charge in [0.05, 0.1) is 38.4 Å². The predicted molar refractivity (Wildman–Crippen MR) is 164 cm³/mol. The van der Waals surface area contributed by atoms with Crippen LogP contribution in [0.3, 0.4) is 0 Å². The maximum Gasteiger partial charge on any atom is 0.308 e. The summed E-state index contributed by atoms with van der Waals surface area (Å²) in [6.45, 7) is 14.2. The van der Waals surface area contributed by atoms with Gasteiger partial charge in [0, 0.05) is 12.8 Å². The Balaban J connectivity index is 1.65. The minimum atomic E-state index is -1.98. The second kappa shape index (κ2) is 14.6. The highest BCUT2D eigenvalue weighted by molar-refractivity contribution is 6.74. The molecule has 3 heterocycles. The smallest absolute Gasteiger partial charge is 0.308 e. The lowest BCUT2D eigenvalue weighted by Crippen LogP contribution is -2.64. The van der Waals surface area contributed by atoms with Crippen molar-refractivity contribution in [3.63, 3.8) is 0 Å². The molecule has 1 spiro atoms. The molecule has 238 valence electrons. The molecule has 4 fully saturated rings. The quantitative estimate of drug-likeness (QED) is 0.158. The Labute approximate surface area is 251 Å². The number of fused-ring (bicyclic) bond motifs is 3. The largest absolute Gasteiger partial charge is 0.469 e. The first-order valence-electron chi connectivity index (χ1n) is 16.8. The average molecular weight is 615 g/mol. The maximum atomic E-state index is 12.1. The summed E-state index contributed by atoms with van der Waals surface area (Å²) in [6.07, 6.45) is 5.38. The normalized spacial score (nSPS) is 32.4. The van der Waals surface area contributed by atoms with Crippen molar-refractivity contribution in [3.8, 4) is 0 Å². The monoisotopic (exact) mass is 614 g/mol. The van der Waals surface area contributed by atoms with E-state index in [0.717, 1.165) is 74.8 Å². The number of carbonyl (C=O) groups excluding carboxylic acids is 1. The summed E-state index contributed by atoms with van der Waals surface area (Å²) in [7, 11) is -2.40. The summed E-state index contributed by atoms with van der Waals surface area (Å²) in [6, 6.07) is 6.52. The van der Waals surface area contributed by atoms with Gasteiger partial charge in [0.1, 0.15) is 24.4 Å². The lowest BCUT2D eigenvalue weighted by molar-refractivity contribution is -0.254. The van der Waals surface area contributed by atoms with Crippen LogP contribution in [0.25, 0.3) is 0 Å². The topological polar surface area (TPSA) is 81.7 Å². The molecule has 8 nitrogen and oxygen atoms in total. The fraction of sp³-hybridized carbons (Fsp3) is 0.968. The molecule has 0 aromatic carbocycles. The van der Waals surface area contributed by atoms with Crippen molar-refractivity contribution >= 4 is 22.6 Å². The van der Waals surface area contributed by atoms with Gasteiger partial charge in [-0.05, 0) is 61.9 Å². The number of methoxy groups -OCH3 is 1. The second-order valence-electron chi connectivity index (χ2n) is 12.8. The molecular weight excluding hydrogens is 557 g/mol. The molecule has 0 aromatic rings. The number of rotatable bonds is 14. The van der Waals surface area contributed by atoms with E-state index in [-0.39, 0.29) is 55.1 Å². The number of ether oxygens (including phenoxy) is 5. The molecule has 0 N–H and O–H groups in total. The van der Waals surface area contributed by atoms with E-state index in [2.05, 4.69) is 41.5 Å². The van der Waals surface area contributed by atoms with Gasteiger partial charge in [0.2, 0.25) is 0 Å². The minimum absolute atomic E-state index is 0.130. The first-order chi connectivity index (χ1) is 19.7. The van der Waals surface area contributed by atoms with Crippen LogP contribution in [0, 0.1) is 0 Å². The first-order valence-corrected chi connectivity index (χ1v) is 21.9. The SMILES string of the molecule is CC[Si](CC)(CC)OC[C@@H](O[Si](CC)(CC)CC)[C@@H]1O[C@H]2CC[C@H](CC(=O)OC)O[C@@H]2[C@@H]2OC3(CCCCC3)OC21. The summed E-state index contributed by atoms with van der Waals surface area (Å²) in [5.74, 6) is -0.828. The molecule has 3 saturated heterocycles. The van der Waals surface area contributed by atoms with E-state index in [9.17, 15) is 4.79 Å². The molecular formula is C31H58O8Si2. The molecule has 0 aromatic heterocycles. The summed E-state index contributed by atoms with van der Waals surface area (Å²) < 4.78 is 46.7. The van der Waals surface area contributed by atoms with Crippen molar-refractivity contribution in [1.29, 1.82) is 0 Å². The fourth-order valence-electron chi connectivity index (χ4n) is 7.65. The zero-order valence-corrected chi connectivity index (χ0v) is 28.9. The highest BCUT2D eigenvalue weighted by Gasteiger charge is 2.61. The summed E-state index contributed by atoms with van der Waals surface area (Å²) in [4.78, 5) is 12.1. The third-order valence-electron chi connectivity index (χ3n) is 10.9. The van der Waals surface area contributed by atoms with Crippen molar-refractivity contribution < 1.29 is 37.3 Å². The van der Waals surface area contributed by atoms with E-state index in [0.29, 0.717) is 6.61 Å². The van der Waals surface area contributed by atoms with Crippen LogP contribution in [0.15, 0.2) is 0 Å². The lowest BCUT2D eigenvalue weighted by atomic mass is 9.87. The molecule has 4 rings (SSSR count). The highest BCUT2D eigenvalue weighted by Crippen LogP contribution is 2.48. The summed E-state index contributed by atoms with van der Waals surface area (Å²) in [5.41, 5.74) is 0. The molecule has 10 heteroatoms. The van der Waals surface area contributed by atoms with Crippen LogP contribution in [0.4, 0.5) is 0 Å². The minimum Gasteiger partial charge on any atom is -0.469 e. The van der Waals surface area contributed by atoms with E-state index in [1.807, 2.05) is 0 Å². The van der Waals surface area contributed by atoms with Crippen LogP contribution in [0.5, 0.6) is 0 Å². The Hall–Kier alpha value is -0.336. The Morgan fingerprint density at radius 2 is 1.41 bits per heavy atom. The van der Waals surface area contributed by atoms with Gasteiger partial charge in [-0.1, -0.05) is 48.0 Å². The van der Waals surface area contributed by atoms with Gasteiger partial charge >= 0.3 is 5.97 Å². The Morgan fingerprint density at radius 3 is 2.00 bits per heavy atom. The van der Waals surface area contributed by atoms with Gasteiger partial charge in [0.25, 0.3) is 0 Å². The number of esters is 1. The molecule has 0 bridgehead atoms. The van der Waals surface area contributed by atoms with Crippen molar-refractivity contribution in [1.82, 2.24) is 0 Å². The van der Waals surface area contributed by atoms with Crippen molar-refractivity contribution in [2.45, 2.75) is 178 Å². The third kappa shape index (κ3) is 7.32. The standard InChI is InChI=1S/C31H58O8Si2/c1-8-40(9-2,10-3)34-22-25(39-41(11-4,12-5)13-6)28-30-29(37-31(38-30)19-15-14-16-20-31)27-24(36-28)18-17-23(35-27)21-26(32)33-7/h23-25,27-30H,8-22H2,1-7H3/t23-,24+,25-,27+,28+,29+,30?/m1/s1. The molecule has 0 amide bonds. The van der Waals surface area contributed by atoms with Crippen molar-refractivity contribution in [3.05, 3.63) is 0 Å². The maximum absolute atomic E-state index is 12.1. The lowest BCUT2D eigenvalue weighted by Gasteiger charge is -2.49. The van der Waals surface area contributed by atoms with E-state index in [4.69, 9.17) is 32.5 Å². The van der Waals surface area contributed by atoms with Crippen LogP contribution >= 0.6 is 0 Å². The van der Waals surface area contributed by atoms with Crippen LogP contribution < -0.4 is 0 Å². The van der Waals surface area contributed by atoms with E-state index in [1.54, 1.807) is 0 Å². The Bertz CT molecular complexity index is 812. The second-order valence-corrected chi connectivity index (χ2v) is 22.3. The molecule has 1 unspecified atom stereocenters. The zero-order chi connectivity index (χ0) is 29.7. The molecule has 7 atom stereocenters. The fourth-order valence-corrected chi connectivity index (χ4v) is 13.1. The molecule has 41 heavy (non-hydrogen) atoms. The molecule has 3 aliphatic heterocycles. The third-order valence-corrected chi connectivity index (χ3v) is 20.2. The Morgan fingerprint density at radius 1 is 0.805 bits per heavy atom. The summed E-state index contributed by atoms with van der Waals surface area (Å²) in [5, 5.41) is 0. The van der Waals surface area contributed by atoms with Crippen LogP contribution in [0.1, 0.15) is 92.9 Å². The van der Waals surface area contributed by atoms with Gasteiger partial charge in [-0.2, -0.15) is 0 Å². The Kier molecular flexibility index (Phi) is 12.0. The van der Waals surface area contributed by atoms with Gasteiger partial charge in [-0.15, -0.1) is 0 Å². The van der Waals surface area contributed by atoms with Crippen molar-refractivity contribution in [2.24, 2.45) is 0 Å². The van der Waals surface area contributed by atoms with E-state index in [1.165, 1.54) is 13.5 Å². The number of hydrogen-bond acceptors (Lipinski definition) is 8. The first kappa shape index (κ1) is 33.6. The van der Waals surface area contributed by atoms with E-state index >= 15 is 0 Å². The van der Waals surface area contributed by atoms with Crippen LogP contribution in [0.2, 0.25) is 36.3 Å². The van der Waals surface area contributed by atoms with Gasteiger partial charge in [0.15, 0.2) is 22.4 Å². The van der Waals surface area contributed by atoms with Crippen LogP contribution in [-0.2, 0) is 37.3 Å². The van der Waals surface area contributed by atoms with Gasteiger partial charge in [-0.25, -0.2) is 0 Å². The number of carbonyl (C=O) groups is 1. The molecule has 1 aliphatic carbocycles. The molecule has 1 saturated carbocycles. The molecule has 0 radical (unpaired) electrons. The predicted octanol–water partition coefficient (Wildman–Crippen LogP) is 6.72. The average Bonchev–Trinajstić information content (AvgIpc) is 3.38. The van der Waals surface area contributed by atoms with Gasteiger partial charge in [-0.3, -0.25) is 4.79 Å². The van der Waals surface area contributed by atoms with Crippen molar-refractivity contribution in [2.75, 3.05) is 13.7 Å². The van der Waals surface area contributed by atoms with Crippen LogP contribution in [-0.4, -0.2) is 84.8 Å². The zero-order valence-electron chi connectivity index (χ0n) is 26.9. The number of hydrogen-bond donors (Lipinski definition) is 0. The summed E-state index contributed by atoms with van der Waals surface area (Å²) >= 11 is 0. The van der Waals surface area contributed by atoms with E-state index < -0.39 is 22.4 Å². The van der Waals surface area contributed by atoms with Gasteiger partial charge < -0.3 is 32.5 Å². The highest BCUT2D eigenvalue weighted by atomic mass is 28.4.